The van der Waals surface area contributed by atoms with Crippen LogP contribution in [0.3, 0.4) is 0 Å². The fourth-order valence-electron chi connectivity index (χ4n) is 2.55. The van der Waals surface area contributed by atoms with E-state index in [1.165, 1.54) is 34.0 Å². The van der Waals surface area contributed by atoms with E-state index in [9.17, 15) is 18.0 Å². The van der Waals surface area contributed by atoms with Crippen LogP contribution in [0.15, 0.2) is 49.2 Å². The highest BCUT2D eigenvalue weighted by Crippen LogP contribution is 2.30. The molecular formula is C18H15F3N4O. The maximum absolute atomic E-state index is 12.7. The lowest BCUT2D eigenvalue weighted by Gasteiger charge is -2.14. The molecule has 3 aromatic rings. The van der Waals surface area contributed by atoms with Crippen LogP contribution < -0.4 is 4.90 Å². The Hall–Kier alpha value is -3.16. The average Bonchev–Trinajstić information content (AvgIpc) is 2.96. The number of aryl methyl sites for hydroxylation is 1. The summed E-state index contributed by atoms with van der Waals surface area (Å²) in [6, 6.07) is 6.45. The molecule has 2 heterocycles. The molecule has 0 spiro atoms. The number of pyridine rings is 1. The molecule has 26 heavy (non-hydrogen) atoms. The number of hydrogen-bond acceptors (Lipinski definition) is 3. The minimum absolute atomic E-state index is 0.279. The van der Waals surface area contributed by atoms with Gasteiger partial charge in [-0.1, -0.05) is 6.58 Å². The van der Waals surface area contributed by atoms with E-state index < -0.39 is 11.7 Å². The second-order valence-electron chi connectivity index (χ2n) is 5.71. The van der Waals surface area contributed by atoms with Gasteiger partial charge in [-0.05, 0) is 43.3 Å². The Balaban J connectivity index is 2.06. The van der Waals surface area contributed by atoms with Crippen LogP contribution in [0.2, 0.25) is 0 Å². The van der Waals surface area contributed by atoms with Crippen LogP contribution in [0, 0.1) is 6.92 Å². The van der Waals surface area contributed by atoms with Crippen molar-refractivity contribution in [1.82, 2.24) is 14.8 Å². The maximum atomic E-state index is 12.7. The average molecular weight is 360 g/mol. The third-order valence-electron chi connectivity index (χ3n) is 4.02. The summed E-state index contributed by atoms with van der Waals surface area (Å²) in [6.07, 6.45) is -1.69. The van der Waals surface area contributed by atoms with E-state index in [0.29, 0.717) is 28.1 Å². The van der Waals surface area contributed by atoms with Crippen LogP contribution in [-0.2, 0) is 11.0 Å². The second kappa shape index (κ2) is 6.29. The van der Waals surface area contributed by atoms with Gasteiger partial charge in [0.05, 0.1) is 28.8 Å². The number of aromatic nitrogens is 3. The molecular weight excluding hydrogens is 345 g/mol. The zero-order chi connectivity index (χ0) is 19.1. The molecule has 0 aliphatic carbocycles. The summed E-state index contributed by atoms with van der Waals surface area (Å²) in [5.41, 5.74) is 1.44. The molecule has 8 heteroatoms. The molecule has 0 aliphatic rings. The first-order valence-corrected chi connectivity index (χ1v) is 7.65. The lowest BCUT2D eigenvalue weighted by atomic mass is 10.2. The zero-order valence-corrected chi connectivity index (χ0v) is 14.1. The normalized spacial score (nSPS) is 11.6. The Bertz CT molecular complexity index is 990. The van der Waals surface area contributed by atoms with Gasteiger partial charge in [0.25, 0.3) is 0 Å². The number of hydrogen-bond donors (Lipinski definition) is 0. The molecule has 0 atom stereocenters. The standard InChI is InChI=1S/C18H15F3N4O/c1-4-16(26)24(3)14-9-15-11(2)23-25(17(15)22-10-14)13-7-5-12(6-8-13)18(19,20)21/h4-10H,1H2,2-3H3. The first-order valence-electron chi connectivity index (χ1n) is 7.65. The Kier molecular flexibility index (Phi) is 4.27. The van der Waals surface area contributed by atoms with Gasteiger partial charge in [0.15, 0.2) is 5.65 Å². The molecule has 134 valence electrons. The van der Waals surface area contributed by atoms with Crippen molar-refractivity contribution in [2.45, 2.75) is 13.1 Å². The van der Waals surface area contributed by atoms with Crippen molar-refractivity contribution >= 4 is 22.6 Å². The number of nitrogens with zero attached hydrogens (tertiary/aromatic N) is 4. The number of fused-ring (bicyclic) bond motifs is 1. The monoisotopic (exact) mass is 360 g/mol. The van der Waals surface area contributed by atoms with Gasteiger partial charge < -0.3 is 4.90 Å². The molecule has 0 saturated heterocycles. The molecule has 1 amide bonds. The Labute approximate surface area is 147 Å². The largest absolute Gasteiger partial charge is 0.416 e. The van der Waals surface area contributed by atoms with E-state index in [0.717, 1.165) is 12.1 Å². The van der Waals surface area contributed by atoms with Gasteiger partial charge in [-0.25, -0.2) is 9.67 Å². The minimum atomic E-state index is -4.39. The molecule has 3 rings (SSSR count). The minimum Gasteiger partial charge on any atom is -0.310 e. The van der Waals surface area contributed by atoms with E-state index >= 15 is 0 Å². The van der Waals surface area contributed by atoms with Gasteiger partial charge in [-0.15, -0.1) is 0 Å². The predicted octanol–water partition coefficient (Wildman–Crippen LogP) is 3.90. The number of rotatable bonds is 3. The predicted molar refractivity (Wildman–Crippen MR) is 92.2 cm³/mol. The highest BCUT2D eigenvalue weighted by Gasteiger charge is 2.30. The third-order valence-corrected chi connectivity index (χ3v) is 4.02. The topological polar surface area (TPSA) is 51.0 Å². The molecule has 0 saturated carbocycles. The van der Waals surface area contributed by atoms with E-state index in [2.05, 4.69) is 16.7 Å². The summed E-state index contributed by atoms with van der Waals surface area (Å²) in [5.74, 6) is -0.279. The zero-order valence-electron chi connectivity index (χ0n) is 14.1. The van der Waals surface area contributed by atoms with Crippen LogP contribution in [0.1, 0.15) is 11.3 Å². The summed E-state index contributed by atoms with van der Waals surface area (Å²) in [7, 11) is 1.60. The highest BCUT2D eigenvalue weighted by atomic mass is 19.4. The Morgan fingerprint density at radius 1 is 1.27 bits per heavy atom. The van der Waals surface area contributed by atoms with Gasteiger partial charge in [0.2, 0.25) is 5.91 Å². The number of carbonyl (C=O) groups excluding carboxylic acids is 1. The summed E-state index contributed by atoms with van der Waals surface area (Å²) in [5, 5.41) is 5.07. The van der Waals surface area contributed by atoms with Crippen LogP contribution in [0.5, 0.6) is 0 Å². The maximum Gasteiger partial charge on any atom is 0.416 e. The van der Waals surface area contributed by atoms with Crippen LogP contribution in [0.4, 0.5) is 18.9 Å². The summed E-state index contributed by atoms with van der Waals surface area (Å²) >= 11 is 0. The van der Waals surface area contributed by atoms with E-state index in [1.807, 2.05) is 0 Å². The lowest BCUT2D eigenvalue weighted by Crippen LogP contribution is -2.23. The highest BCUT2D eigenvalue weighted by molar-refractivity contribution is 6.01. The first kappa shape index (κ1) is 17.7. The molecule has 1 aromatic carbocycles. The second-order valence-corrected chi connectivity index (χ2v) is 5.71. The van der Waals surface area contributed by atoms with Crippen molar-refractivity contribution in [2.75, 3.05) is 11.9 Å². The van der Waals surface area contributed by atoms with Crippen LogP contribution in [-0.4, -0.2) is 27.7 Å². The van der Waals surface area contributed by atoms with Crippen molar-refractivity contribution < 1.29 is 18.0 Å². The molecule has 0 fully saturated rings. The van der Waals surface area contributed by atoms with Crippen molar-refractivity contribution in [2.24, 2.45) is 0 Å². The number of carbonyl (C=O) groups is 1. The fourth-order valence-corrected chi connectivity index (χ4v) is 2.55. The molecule has 5 nitrogen and oxygen atoms in total. The number of anilines is 1. The number of likely N-dealkylation sites (N-methyl/N-ethyl adjacent to an activating group) is 1. The molecule has 0 radical (unpaired) electrons. The molecule has 0 N–H and O–H groups in total. The summed E-state index contributed by atoms with van der Waals surface area (Å²) in [4.78, 5) is 17.5. The van der Waals surface area contributed by atoms with Crippen LogP contribution in [0.25, 0.3) is 16.7 Å². The number of benzene rings is 1. The lowest BCUT2D eigenvalue weighted by molar-refractivity contribution is -0.137. The van der Waals surface area contributed by atoms with E-state index in [1.54, 1.807) is 20.0 Å². The summed E-state index contributed by atoms with van der Waals surface area (Å²) < 4.78 is 39.6. The quantitative estimate of drug-likeness (QED) is 0.666. The van der Waals surface area contributed by atoms with Crippen molar-refractivity contribution in [3.8, 4) is 5.69 Å². The number of halogens is 3. The van der Waals surface area contributed by atoms with Gasteiger partial charge in [-0.2, -0.15) is 18.3 Å². The molecule has 0 bridgehead atoms. The van der Waals surface area contributed by atoms with Gasteiger partial charge in [0.1, 0.15) is 0 Å². The molecule has 2 aromatic heterocycles. The van der Waals surface area contributed by atoms with Crippen molar-refractivity contribution in [3.63, 3.8) is 0 Å². The van der Waals surface area contributed by atoms with E-state index in [4.69, 9.17) is 0 Å². The Morgan fingerprint density at radius 2 is 1.92 bits per heavy atom. The van der Waals surface area contributed by atoms with Crippen molar-refractivity contribution in [1.29, 1.82) is 0 Å². The molecule has 0 unspecified atom stereocenters. The third kappa shape index (κ3) is 3.05. The number of alkyl halides is 3. The molecule has 0 aliphatic heterocycles. The van der Waals surface area contributed by atoms with Gasteiger partial charge >= 0.3 is 6.18 Å². The van der Waals surface area contributed by atoms with Crippen molar-refractivity contribution in [3.05, 3.63) is 60.4 Å². The smallest absolute Gasteiger partial charge is 0.310 e. The van der Waals surface area contributed by atoms with E-state index in [-0.39, 0.29) is 5.91 Å². The number of amides is 1. The van der Waals surface area contributed by atoms with Crippen LogP contribution >= 0.6 is 0 Å². The first-order chi connectivity index (χ1) is 12.2. The SMILES string of the molecule is C=CC(=O)N(C)c1cnc2c(c1)c(C)nn2-c1ccc(C(F)(F)F)cc1. The van der Waals surface area contributed by atoms with Gasteiger partial charge in [-0.3, -0.25) is 4.79 Å². The fraction of sp³-hybridized carbons (Fsp3) is 0.167. The summed E-state index contributed by atoms with van der Waals surface area (Å²) in [6.45, 7) is 5.21. The Morgan fingerprint density at radius 3 is 2.50 bits per heavy atom. The van der Waals surface area contributed by atoms with Gasteiger partial charge in [0, 0.05) is 12.4 Å².